The van der Waals surface area contributed by atoms with E-state index in [0.29, 0.717) is 33.4 Å². The number of benzene rings is 8. The first-order valence-corrected chi connectivity index (χ1v) is 22.8. The summed E-state index contributed by atoms with van der Waals surface area (Å²) < 4.78 is 9.08. The molecule has 0 amide bonds. The minimum Gasteiger partial charge on any atom is -0.388 e. The lowest BCUT2D eigenvalue weighted by molar-refractivity contribution is 0.0743. The minimum absolute atomic E-state index is 0.149. The van der Waals surface area contributed by atoms with Crippen LogP contribution in [0.3, 0.4) is 0 Å². The van der Waals surface area contributed by atoms with Crippen molar-refractivity contribution in [2.75, 3.05) is 27.4 Å². The molecule has 0 aromatic heterocycles. The summed E-state index contributed by atoms with van der Waals surface area (Å²) >= 11 is 0. The van der Waals surface area contributed by atoms with Crippen LogP contribution in [0, 0.1) is 0 Å². The van der Waals surface area contributed by atoms with E-state index in [-0.39, 0.29) is 23.1 Å². The molecule has 9 nitrogen and oxygen atoms in total. The average molecular weight is 937 g/mol. The summed E-state index contributed by atoms with van der Waals surface area (Å²) in [5.41, 5.74) is 7.23. The second-order valence-electron chi connectivity index (χ2n) is 15.2. The molecule has 70 heavy (non-hydrogen) atoms. The van der Waals surface area contributed by atoms with Crippen molar-refractivity contribution in [2.24, 2.45) is 0 Å². The second-order valence-corrected chi connectivity index (χ2v) is 15.2. The van der Waals surface area contributed by atoms with Gasteiger partial charge in [0.15, 0.2) is 23.1 Å². The highest BCUT2D eigenvalue weighted by atomic mass is 16.5. The van der Waals surface area contributed by atoms with E-state index >= 15 is 0 Å². The Morgan fingerprint density at radius 1 is 0.357 bits per heavy atom. The van der Waals surface area contributed by atoms with E-state index < -0.39 is 18.3 Å². The van der Waals surface area contributed by atoms with Gasteiger partial charge in [-0.3, -0.25) is 19.2 Å². The fourth-order valence-electron chi connectivity index (χ4n) is 6.82. The number of fused-ring (bicyclic) bond motifs is 3. The molecule has 3 atom stereocenters. The molecule has 3 N–H and O–H groups in total. The molecular formula is C61H60O9. The van der Waals surface area contributed by atoms with Gasteiger partial charge < -0.3 is 24.8 Å². The zero-order valence-electron chi connectivity index (χ0n) is 39.9. The van der Waals surface area contributed by atoms with E-state index in [9.17, 15) is 34.5 Å². The van der Waals surface area contributed by atoms with Crippen LogP contribution in [-0.4, -0.2) is 65.9 Å². The highest BCUT2D eigenvalue weighted by Gasteiger charge is 2.25. The Kier molecular flexibility index (Phi) is 24.0. The molecular weight excluding hydrogens is 877 g/mol. The molecule has 358 valence electrons. The van der Waals surface area contributed by atoms with E-state index in [4.69, 9.17) is 4.74 Å². The predicted octanol–water partition coefficient (Wildman–Crippen LogP) is 12.0. The molecule has 0 bridgehead atoms. The number of Topliss-reactive ketones (excluding diaryl/α,β-unsaturated/α-hetero) is 3. The van der Waals surface area contributed by atoms with Crippen LogP contribution in [0.5, 0.6) is 0 Å². The average Bonchev–Trinajstić information content (AvgIpc) is 3.73. The number of rotatable bonds is 11. The third-order valence-corrected chi connectivity index (χ3v) is 10.3. The van der Waals surface area contributed by atoms with Crippen LogP contribution in [0.1, 0.15) is 95.8 Å². The quantitative estimate of drug-likeness (QED) is 0.108. The SMILES string of the molecule is CCOCC.COC.O=C(c1ccccc1)C(O)c1ccccc1.O=C(c1ccccc1)C(O)c1ccccc1.O=C(c1ccccc1)C(O)c1ccccc1.O=C1c2ccccc2-c2ccccc21. The van der Waals surface area contributed by atoms with Gasteiger partial charge in [-0.1, -0.05) is 231 Å². The molecule has 9 heteroatoms. The van der Waals surface area contributed by atoms with E-state index in [1.165, 1.54) is 0 Å². The van der Waals surface area contributed by atoms with Crippen LogP contribution < -0.4 is 0 Å². The summed E-state index contributed by atoms with van der Waals surface area (Å²) in [6.07, 6.45) is -3.24. The second kappa shape index (κ2) is 30.6. The monoisotopic (exact) mass is 936 g/mol. The Morgan fingerprint density at radius 3 is 0.771 bits per heavy atom. The summed E-state index contributed by atoms with van der Waals surface area (Å²) in [5.74, 6) is -0.665. The number of ketones is 4. The lowest BCUT2D eigenvalue weighted by Gasteiger charge is -2.09. The third-order valence-electron chi connectivity index (χ3n) is 10.3. The first-order valence-electron chi connectivity index (χ1n) is 22.8. The van der Waals surface area contributed by atoms with Crippen molar-refractivity contribution in [1.29, 1.82) is 0 Å². The number of aliphatic hydroxyl groups excluding tert-OH is 3. The summed E-state index contributed by atoms with van der Waals surface area (Å²) in [7, 11) is 3.25. The van der Waals surface area contributed by atoms with Crippen molar-refractivity contribution < 1.29 is 44.0 Å². The Hall–Kier alpha value is -7.76. The maximum absolute atomic E-state index is 11.9. The number of carbonyl (C=O) groups excluding carboxylic acids is 4. The number of hydrogen-bond donors (Lipinski definition) is 3. The zero-order chi connectivity index (χ0) is 50.5. The van der Waals surface area contributed by atoms with Crippen molar-refractivity contribution in [3.8, 4) is 11.1 Å². The number of aliphatic hydroxyl groups is 3. The van der Waals surface area contributed by atoms with Gasteiger partial charge in [0.05, 0.1) is 0 Å². The van der Waals surface area contributed by atoms with Crippen molar-refractivity contribution >= 4 is 23.1 Å². The molecule has 8 aromatic carbocycles. The van der Waals surface area contributed by atoms with Gasteiger partial charge >= 0.3 is 0 Å². The van der Waals surface area contributed by atoms with Crippen molar-refractivity contribution in [3.05, 3.63) is 275 Å². The van der Waals surface area contributed by atoms with E-state index in [1.807, 2.05) is 98.8 Å². The molecule has 9 rings (SSSR count). The number of ether oxygens (including phenoxy) is 2. The van der Waals surface area contributed by atoms with Gasteiger partial charge in [-0.25, -0.2) is 0 Å². The molecule has 0 aliphatic heterocycles. The zero-order valence-corrected chi connectivity index (χ0v) is 39.9. The van der Waals surface area contributed by atoms with Crippen molar-refractivity contribution in [3.63, 3.8) is 0 Å². The van der Waals surface area contributed by atoms with E-state index in [0.717, 1.165) is 35.5 Å². The highest BCUT2D eigenvalue weighted by Crippen LogP contribution is 2.35. The number of carbonyl (C=O) groups is 4. The van der Waals surface area contributed by atoms with E-state index in [1.54, 1.807) is 160 Å². The Balaban J connectivity index is 0.000000193. The predicted molar refractivity (Wildman–Crippen MR) is 277 cm³/mol. The van der Waals surface area contributed by atoms with Gasteiger partial charge in [-0.05, 0) is 41.7 Å². The van der Waals surface area contributed by atoms with Crippen LogP contribution in [0.15, 0.2) is 231 Å². The van der Waals surface area contributed by atoms with Crippen LogP contribution >= 0.6 is 0 Å². The van der Waals surface area contributed by atoms with Crippen LogP contribution in [-0.2, 0) is 9.47 Å². The lowest BCUT2D eigenvalue weighted by Crippen LogP contribution is -2.11. The smallest absolute Gasteiger partial charge is 0.195 e. The summed E-state index contributed by atoms with van der Waals surface area (Å²) in [5, 5.41) is 29.7. The van der Waals surface area contributed by atoms with E-state index in [2.05, 4.69) is 4.74 Å². The minimum atomic E-state index is -1.08. The van der Waals surface area contributed by atoms with Crippen molar-refractivity contribution in [1.82, 2.24) is 0 Å². The number of methoxy groups -OCH3 is 1. The molecule has 0 saturated heterocycles. The first-order chi connectivity index (χ1) is 34.1. The largest absolute Gasteiger partial charge is 0.388 e. The molecule has 0 spiro atoms. The molecule has 0 heterocycles. The van der Waals surface area contributed by atoms with Crippen molar-refractivity contribution in [2.45, 2.75) is 32.2 Å². The highest BCUT2D eigenvalue weighted by molar-refractivity contribution is 6.21. The maximum atomic E-state index is 11.9. The van der Waals surface area contributed by atoms with Crippen LogP contribution in [0.25, 0.3) is 11.1 Å². The molecule has 0 radical (unpaired) electrons. The molecule has 8 aromatic rings. The van der Waals surface area contributed by atoms with Gasteiger partial charge in [-0.2, -0.15) is 0 Å². The van der Waals surface area contributed by atoms with Gasteiger partial charge in [-0.15, -0.1) is 0 Å². The van der Waals surface area contributed by atoms with Crippen LogP contribution in [0.4, 0.5) is 0 Å². The summed E-state index contributed by atoms with van der Waals surface area (Å²) in [6.45, 7) is 5.67. The van der Waals surface area contributed by atoms with Gasteiger partial charge in [0.2, 0.25) is 0 Å². The number of hydrogen-bond acceptors (Lipinski definition) is 9. The molecule has 1 aliphatic rings. The van der Waals surface area contributed by atoms with Gasteiger partial charge in [0, 0.05) is 55.3 Å². The topological polar surface area (TPSA) is 147 Å². The Bertz CT molecular complexity index is 2480. The summed E-state index contributed by atoms with van der Waals surface area (Å²) in [4.78, 5) is 47.6. The maximum Gasteiger partial charge on any atom is 0.195 e. The molecule has 3 unspecified atom stereocenters. The van der Waals surface area contributed by atoms with Gasteiger partial charge in [0.25, 0.3) is 0 Å². The third kappa shape index (κ3) is 16.8. The van der Waals surface area contributed by atoms with Gasteiger partial charge in [0.1, 0.15) is 18.3 Å². The fraction of sp³-hybridized carbons (Fsp3) is 0.148. The van der Waals surface area contributed by atoms with Crippen LogP contribution in [0.2, 0.25) is 0 Å². The first kappa shape index (κ1) is 54.8. The Morgan fingerprint density at radius 2 is 0.557 bits per heavy atom. The standard InChI is InChI=1S/3C14H12O2.C13H8O.C4H10O.C2H6O/c3*15-13(11-7-3-1-4-8-11)14(16)12-9-5-2-6-10-12;14-13-11-7-3-1-5-9(11)10-6-2-4-8-12(10)13;1-3-5-4-2;1-3-2/h3*1-10,13,15H;1-8H;3-4H2,1-2H3;1-2H3. The fourth-order valence-corrected chi connectivity index (χ4v) is 6.82. The summed E-state index contributed by atoms with van der Waals surface area (Å²) in [6, 6.07) is 68.8. The lowest BCUT2D eigenvalue weighted by atomic mass is 10.0. The molecule has 0 saturated carbocycles. The normalized spacial score (nSPS) is 11.6. The Labute approximate surface area is 411 Å². The molecule has 0 fully saturated rings. The molecule has 1 aliphatic carbocycles.